The number of hydrogen-bond acceptors (Lipinski definition) is 4. The van der Waals surface area contributed by atoms with E-state index in [1.807, 2.05) is 0 Å². The van der Waals surface area contributed by atoms with Gasteiger partial charge in [-0.2, -0.15) is 18.8 Å². The van der Waals surface area contributed by atoms with Crippen molar-refractivity contribution in [3.63, 3.8) is 0 Å². The zero-order valence-electron chi connectivity index (χ0n) is 23.0. The summed E-state index contributed by atoms with van der Waals surface area (Å²) in [5, 5.41) is 13.6. The third-order valence-corrected chi connectivity index (χ3v) is 7.54. The van der Waals surface area contributed by atoms with Gasteiger partial charge >= 0.3 is 0 Å². The summed E-state index contributed by atoms with van der Waals surface area (Å²) in [6.07, 6.45) is 2.26. The van der Waals surface area contributed by atoms with E-state index in [0.29, 0.717) is 6.04 Å². The predicted octanol–water partition coefficient (Wildman–Crippen LogP) is 8.55. The number of aromatic nitrogens is 1. The first kappa shape index (κ1) is 27.7. The summed E-state index contributed by atoms with van der Waals surface area (Å²) in [6, 6.07) is 32.5. The summed E-state index contributed by atoms with van der Waals surface area (Å²) in [7, 11) is 0. The SMILES string of the molecule is CC(=O)/C=C(/C)O.CCC(C)N1[CH-]N(c2[c-]cc3c(c2)c2cccc4c5ccccc5n3c24)c2ccccc21.[Ir]. The zero-order valence-corrected chi connectivity index (χ0v) is 25.4. The van der Waals surface area contributed by atoms with Gasteiger partial charge in [0.1, 0.15) is 0 Å². The number of fused-ring (bicyclic) bond motifs is 7. The van der Waals surface area contributed by atoms with Crippen molar-refractivity contribution in [3.8, 4) is 0 Å². The molecular formula is C34H31IrN3O2-2. The van der Waals surface area contributed by atoms with Gasteiger partial charge in [-0.3, -0.25) is 4.79 Å². The van der Waals surface area contributed by atoms with Gasteiger partial charge in [-0.15, -0.1) is 17.1 Å². The Balaban J connectivity index is 0.000000362. The number of carbonyl (C=O) groups is 1. The minimum Gasteiger partial charge on any atom is -0.512 e. The maximum Gasteiger partial charge on any atom is 0.155 e. The van der Waals surface area contributed by atoms with E-state index in [4.69, 9.17) is 5.11 Å². The second-order valence-electron chi connectivity index (χ2n) is 10.2. The average molecular weight is 706 g/mol. The topological polar surface area (TPSA) is 48.2 Å². The minimum atomic E-state index is -0.125. The van der Waals surface area contributed by atoms with Gasteiger partial charge in [0.25, 0.3) is 0 Å². The number of anilines is 3. The van der Waals surface area contributed by atoms with Crippen molar-refractivity contribution in [3.05, 3.63) is 103 Å². The molecule has 6 aromatic rings. The molecule has 205 valence electrons. The fourth-order valence-corrected chi connectivity index (χ4v) is 5.67. The summed E-state index contributed by atoms with van der Waals surface area (Å²) >= 11 is 0. The molecule has 5 nitrogen and oxygen atoms in total. The van der Waals surface area contributed by atoms with Crippen LogP contribution in [0.1, 0.15) is 34.1 Å². The molecule has 2 aromatic heterocycles. The Morgan fingerprint density at radius 3 is 2.25 bits per heavy atom. The standard InChI is InChI=1S/C29H23N3.C5H8O2.Ir/c1-3-19(2)30-18-31(28-14-7-6-13-27(28)30)20-15-16-26-24(17-20)23-11-8-10-22-21-9-4-5-12-25(21)32(26)29(22)23;1-4(6)3-5(2)7;/h4-14,16-19H,3H2,1-2H3;3,6H,1-2H3;/q-2;;/b;4-3-;. The normalized spacial score (nSPS) is 13.9. The van der Waals surface area contributed by atoms with Crippen LogP contribution in [-0.2, 0) is 24.9 Å². The summed E-state index contributed by atoms with van der Waals surface area (Å²) in [5.74, 6) is -0.0625. The Kier molecular flexibility index (Phi) is 7.59. The maximum atomic E-state index is 10.0. The number of aliphatic hydroxyl groups excluding tert-OH is 1. The van der Waals surface area contributed by atoms with E-state index < -0.39 is 0 Å². The van der Waals surface area contributed by atoms with Crippen molar-refractivity contribution in [2.75, 3.05) is 9.80 Å². The zero-order chi connectivity index (χ0) is 27.3. The molecule has 0 saturated heterocycles. The van der Waals surface area contributed by atoms with E-state index >= 15 is 0 Å². The Labute approximate surface area is 248 Å². The van der Waals surface area contributed by atoms with Crippen LogP contribution < -0.4 is 9.80 Å². The molecule has 0 amide bonds. The second kappa shape index (κ2) is 11.0. The third kappa shape index (κ3) is 4.51. The molecule has 1 aliphatic rings. The molecule has 40 heavy (non-hydrogen) atoms. The average Bonchev–Trinajstić information content (AvgIpc) is 3.59. The number of benzene rings is 4. The number of hydrogen-bond donors (Lipinski definition) is 1. The molecule has 0 aliphatic carbocycles. The van der Waals surface area contributed by atoms with Gasteiger partial charge in [0, 0.05) is 59.4 Å². The van der Waals surface area contributed by atoms with Crippen LogP contribution in [0, 0.1) is 12.7 Å². The quantitative estimate of drug-likeness (QED) is 0.114. The van der Waals surface area contributed by atoms with E-state index in [9.17, 15) is 4.79 Å². The van der Waals surface area contributed by atoms with E-state index in [1.54, 1.807) is 0 Å². The minimum absolute atomic E-state index is 0. The van der Waals surface area contributed by atoms with Crippen LogP contribution in [0.15, 0.2) is 90.7 Å². The van der Waals surface area contributed by atoms with Crippen LogP contribution in [-0.4, -0.2) is 21.3 Å². The van der Waals surface area contributed by atoms with Crippen molar-refractivity contribution in [1.82, 2.24) is 4.40 Å². The molecule has 7 rings (SSSR count). The van der Waals surface area contributed by atoms with Crippen LogP contribution in [0.5, 0.6) is 0 Å². The van der Waals surface area contributed by atoms with Crippen molar-refractivity contribution in [1.29, 1.82) is 0 Å². The van der Waals surface area contributed by atoms with Gasteiger partial charge in [0.2, 0.25) is 0 Å². The maximum absolute atomic E-state index is 10.0. The van der Waals surface area contributed by atoms with Gasteiger partial charge in [0.05, 0.1) is 5.76 Å². The van der Waals surface area contributed by atoms with Gasteiger partial charge in [0.15, 0.2) is 5.78 Å². The molecule has 3 heterocycles. The van der Waals surface area contributed by atoms with Crippen LogP contribution in [0.2, 0.25) is 0 Å². The fraction of sp³-hybridized carbons (Fsp3) is 0.176. The Morgan fingerprint density at radius 1 is 0.925 bits per heavy atom. The Bertz CT molecular complexity index is 1870. The summed E-state index contributed by atoms with van der Waals surface area (Å²) in [5.41, 5.74) is 7.33. The Hall–Kier alpha value is -3.86. The van der Waals surface area contributed by atoms with Gasteiger partial charge < -0.3 is 19.3 Å². The molecule has 1 radical (unpaired) electrons. The molecule has 4 aromatic carbocycles. The van der Waals surface area contributed by atoms with Crippen LogP contribution in [0.3, 0.4) is 0 Å². The monoisotopic (exact) mass is 706 g/mol. The first-order valence-electron chi connectivity index (χ1n) is 13.4. The van der Waals surface area contributed by atoms with Crippen LogP contribution in [0.25, 0.3) is 38.1 Å². The molecule has 0 saturated carbocycles. The molecule has 1 aliphatic heterocycles. The smallest absolute Gasteiger partial charge is 0.155 e. The third-order valence-electron chi connectivity index (χ3n) is 7.54. The van der Waals surface area contributed by atoms with Crippen LogP contribution >= 0.6 is 0 Å². The molecule has 0 spiro atoms. The van der Waals surface area contributed by atoms with E-state index in [0.717, 1.165) is 12.1 Å². The van der Waals surface area contributed by atoms with Gasteiger partial charge in [-0.05, 0) is 56.8 Å². The number of allylic oxidation sites excluding steroid dienone is 2. The van der Waals surface area contributed by atoms with Crippen molar-refractivity contribution >= 4 is 60.9 Å². The molecule has 0 bridgehead atoms. The number of ketones is 1. The Morgan fingerprint density at radius 2 is 1.57 bits per heavy atom. The first-order valence-corrected chi connectivity index (χ1v) is 13.4. The summed E-state index contributed by atoms with van der Waals surface area (Å²) in [4.78, 5) is 14.7. The predicted molar refractivity (Wildman–Crippen MR) is 162 cm³/mol. The molecular weight excluding hydrogens is 675 g/mol. The first-order chi connectivity index (χ1) is 18.9. The number of carbonyl (C=O) groups excluding carboxylic acids is 1. The largest absolute Gasteiger partial charge is 0.512 e. The molecule has 0 fully saturated rings. The molecule has 6 heteroatoms. The van der Waals surface area contributed by atoms with Crippen molar-refractivity contribution < 1.29 is 30.0 Å². The molecule has 1 unspecified atom stereocenters. The number of nitrogens with zero attached hydrogens (tertiary/aromatic N) is 3. The van der Waals surface area contributed by atoms with Gasteiger partial charge in [-0.1, -0.05) is 61.0 Å². The number of aliphatic hydroxyl groups is 1. The van der Waals surface area contributed by atoms with Crippen molar-refractivity contribution in [2.24, 2.45) is 0 Å². The number of rotatable bonds is 4. The second-order valence-corrected chi connectivity index (χ2v) is 10.2. The van der Waals surface area contributed by atoms with Crippen LogP contribution in [0.4, 0.5) is 17.1 Å². The molecule has 1 atom stereocenters. The van der Waals surface area contributed by atoms with Crippen molar-refractivity contribution in [2.45, 2.75) is 40.2 Å². The fourth-order valence-electron chi connectivity index (χ4n) is 5.67. The van der Waals surface area contributed by atoms with Gasteiger partial charge in [-0.25, -0.2) is 0 Å². The van der Waals surface area contributed by atoms with E-state index in [2.05, 4.69) is 120 Å². The van der Waals surface area contributed by atoms with E-state index in [1.165, 1.54) is 69.4 Å². The summed E-state index contributed by atoms with van der Waals surface area (Å²) < 4.78 is 2.41. The van der Waals surface area contributed by atoms with E-state index in [-0.39, 0.29) is 31.6 Å². The molecule has 1 N–H and O–H groups in total. The number of para-hydroxylation sites is 4. The summed E-state index contributed by atoms with van der Waals surface area (Å²) in [6.45, 7) is 9.61.